The van der Waals surface area contributed by atoms with Crippen molar-refractivity contribution in [2.45, 2.75) is 0 Å². The molecule has 8 heteroatoms. The Morgan fingerprint density at radius 3 is 2.02 bits per heavy atom. The average Bonchev–Trinajstić information content (AvgIpc) is 3.97. The zero-order valence-electron chi connectivity index (χ0n) is 30.3. The number of benzene rings is 6. The molecule has 0 aliphatic rings. The van der Waals surface area contributed by atoms with Gasteiger partial charge < -0.3 is 8.83 Å². The first-order chi connectivity index (χ1) is 28.1. The fourth-order valence-electron chi connectivity index (χ4n) is 7.60. The highest BCUT2D eigenvalue weighted by atomic mass is 32.1. The standard InChI is InChI=1S/C49H29N5O2S/c1-3-37-41(28(2)46-50-42(29-15-6-4-7-16-29)45-43(51-46)34-20-11-13-24-40(34)57-45)35-21-14-22-36(44(35)56-37)49-53-47(30-17-8-5-9-18-30)52-48(54-49)31-25-26-33-32-19-10-12-23-38(32)55-39(33)27-31/h3-27H,1-2H2. The summed E-state index contributed by atoms with van der Waals surface area (Å²) in [7, 11) is 0. The van der Waals surface area contributed by atoms with Gasteiger partial charge in [0.2, 0.25) is 0 Å². The molecule has 6 aromatic carbocycles. The number of furan rings is 2. The van der Waals surface area contributed by atoms with Crippen molar-refractivity contribution in [1.82, 2.24) is 24.9 Å². The Kier molecular flexibility index (Phi) is 7.52. The van der Waals surface area contributed by atoms with Crippen LogP contribution >= 0.6 is 11.3 Å². The van der Waals surface area contributed by atoms with Crippen LogP contribution in [0.5, 0.6) is 0 Å². The van der Waals surface area contributed by atoms with Gasteiger partial charge in [0.1, 0.15) is 22.5 Å². The van der Waals surface area contributed by atoms with E-state index in [-0.39, 0.29) is 0 Å². The zero-order valence-corrected chi connectivity index (χ0v) is 31.1. The number of fused-ring (bicyclic) bond motifs is 7. The predicted octanol–water partition coefficient (Wildman–Crippen LogP) is 13.0. The number of aromatic nitrogens is 5. The van der Waals surface area contributed by atoms with E-state index in [4.69, 9.17) is 33.8 Å². The molecule has 0 spiro atoms. The van der Waals surface area contributed by atoms with Crippen LogP contribution in [0.1, 0.15) is 17.1 Å². The summed E-state index contributed by atoms with van der Waals surface area (Å²) in [5, 5.41) is 3.99. The quantitative estimate of drug-likeness (QED) is 0.160. The number of hydrogen-bond donors (Lipinski definition) is 0. The number of hydrogen-bond acceptors (Lipinski definition) is 8. The molecule has 0 atom stereocenters. The van der Waals surface area contributed by atoms with Gasteiger partial charge >= 0.3 is 0 Å². The smallest absolute Gasteiger partial charge is 0.167 e. The molecule has 0 fully saturated rings. The molecule has 0 aliphatic carbocycles. The summed E-state index contributed by atoms with van der Waals surface area (Å²) in [6, 6.07) is 48.5. The number of para-hydroxylation sites is 2. The van der Waals surface area contributed by atoms with Crippen LogP contribution in [-0.4, -0.2) is 24.9 Å². The van der Waals surface area contributed by atoms with Gasteiger partial charge in [0.25, 0.3) is 0 Å². The number of rotatable bonds is 7. The van der Waals surface area contributed by atoms with E-state index in [2.05, 4.69) is 55.6 Å². The Hall–Kier alpha value is -7.55. The highest BCUT2D eigenvalue weighted by Gasteiger charge is 2.24. The molecule has 0 N–H and O–H groups in total. The minimum absolute atomic E-state index is 0.462. The molecule has 0 bridgehead atoms. The molecule has 57 heavy (non-hydrogen) atoms. The number of nitrogens with zero attached hydrogens (tertiary/aromatic N) is 5. The van der Waals surface area contributed by atoms with E-state index < -0.39 is 0 Å². The van der Waals surface area contributed by atoms with Gasteiger partial charge in [-0.3, -0.25) is 0 Å². The van der Waals surface area contributed by atoms with Crippen LogP contribution in [0, 0.1) is 0 Å². The molecular formula is C49H29N5O2S. The molecule has 7 nitrogen and oxygen atoms in total. The van der Waals surface area contributed by atoms with Crippen LogP contribution in [0.2, 0.25) is 0 Å². The normalized spacial score (nSPS) is 11.6. The summed E-state index contributed by atoms with van der Waals surface area (Å²) in [5.74, 6) is 2.57. The van der Waals surface area contributed by atoms with Crippen LogP contribution in [-0.2, 0) is 0 Å². The lowest BCUT2D eigenvalue weighted by atomic mass is 10.00. The van der Waals surface area contributed by atoms with Gasteiger partial charge in [0.15, 0.2) is 23.3 Å². The van der Waals surface area contributed by atoms with Gasteiger partial charge in [0, 0.05) is 54.1 Å². The SMILES string of the molecule is C=Cc1oc2c(-c3nc(-c4ccccc4)nc(-c4ccc5c(c4)oc4ccccc45)n3)cccc2c1C(=C)c1nc(-c2ccccc2)c2sc3ccccc3c2n1. The lowest BCUT2D eigenvalue weighted by Gasteiger charge is -2.10. The second-order valence-electron chi connectivity index (χ2n) is 13.7. The summed E-state index contributed by atoms with van der Waals surface area (Å²) >= 11 is 1.70. The highest BCUT2D eigenvalue weighted by molar-refractivity contribution is 7.26. The molecule has 11 rings (SSSR count). The first-order valence-corrected chi connectivity index (χ1v) is 19.3. The van der Waals surface area contributed by atoms with Crippen molar-refractivity contribution < 1.29 is 8.83 Å². The molecule has 5 aromatic heterocycles. The van der Waals surface area contributed by atoms with Gasteiger partial charge in [-0.25, -0.2) is 24.9 Å². The van der Waals surface area contributed by atoms with E-state index in [1.807, 2.05) is 103 Å². The second kappa shape index (κ2) is 13.0. The Labute approximate surface area is 330 Å². The maximum Gasteiger partial charge on any atom is 0.167 e. The minimum atomic E-state index is 0.462. The van der Waals surface area contributed by atoms with E-state index in [9.17, 15) is 0 Å². The van der Waals surface area contributed by atoms with Crippen LogP contribution in [0.15, 0.2) is 168 Å². The van der Waals surface area contributed by atoms with Crippen LogP contribution in [0.4, 0.5) is 0 Å². The molecule has 0 radical (unpaired) electrons. The largest absolute Gasteiger partial charge is 0.456 e. The Bertz CT molecular complexity index is 3400. The molecule has 0 saturated carbocycles. The van der Waals surface area contributed by atoms with Crippen molar-refractivity contribution in [2.75, 3.05) is 0 Å². The van der Waals surface area contributed by atoms with E-state index >= 15 is 0 Å². The average molecular weight is 752 g/mol. The maximum absolute atomic E-state index is 6.67. The molecule has 0 aliphatic heterocycles. The van der Waals surface area contributed by atoms with E-state index in [0.29, 0.717) is 45.8 Å². The first kappa shape index (κ1) is 32.8. The number of thiophene rings is 1. The van der Waals surface area contributed by atoms with Gasteiger partial charge in [-0.1, -0.05) is 128 Å². The van der Waals surface area contributed by atoms with Gasteiger partial charge in [-0.05, 0) is 36.4 Å². The molecule has 0 amide bonds. The molecule has 268 valence electrons. The fraction of sp³-hybridized carbons (Fsp3) is 0. The van der Waals surface area contributed by atoms with Crippen molar-refractivity contribution in [3.63, 3.8) is 0 Å². The summed E-state index contributed by atoms with van der Waals surface area (Å²) < 4.78 is 15.1. The van der Waals surface area contributed by atoms with E-state index in [1.165, 1.54) is 0 Å². The minimum Gasteiger partial charge on any atom is -0.456 e. The van der Waals surface area contributed by atoms with Crippen molar-refractivity contribution in [3.8, 4) is 45.4 Å². The van der Waals surface area contributed by atoms with E-state index in [0.717, 1.165) is 75.6 Å². The van der Waals surface area contributed by atoms with Crippen molar-refractivity contribution in [2.24, 2.45) is 0 Å². The molecule has 11 aromatic rings. The van der Waals surface area contributed by atoms with Crippen molar-refractivity contribution >= 4 is 76.2 Å². The Morgan fingerprint density at radius 2 is 1.21 bits per heavy atom. The monoisotopic (exact) mass is 751 g/mol. The summed E-state index contributed by atoms with van der Waals surface area (Å²) in [5.41, 5.74) is 8.69. The van der Waals surface area contributed by atoms with Gasteiger partial charge in [-0.15, -0.1) is 11.3 Å². The second-order valence-corrected chi connectivity index (χ2v) is 14.8. The van der Waals surface area contributed by atoms with Gasteiger partial charge in [-0.2, -0.15) is 0 Å². The summed E-state index contributed by atoms with van der Waals surface area (Å²) in [6.07, 6.45) is 1.71. The van der Waals surface area contributed by atoms with E-state index in [1.54, 1.807) is 17.4 Å². The summed E-state index contributed by atoms with van der Waals surface area (Å²) in [4.78, 5) is 25.5. The zero-order chi connectivity index (χ0) is 38.0. The van der Waals surface area contributed by atoms with Crippen molar-refractivity contribution in [1.29, 1.82) is 0 Å². The third kappa shape index (κ3) is 5.38. The predicted molar refractivity (Wildman–Crippen MR) is 232 cm³/mol. The topological polar surface area (TPSA) is 90.7 Å². The van der Waals surface area contributed by atoms with Crippen LogP contribution in [0.25, 0.3) is 110 Å². The fourth-order valence-corrected chi connectivity index (χ4v) is 8.76. The maximum atomic E-state index is 6.67. The van der Waals surface area contributed by atoms with Crippen LogP contribution < -0.4 is 0 Å². The third-order valence-electron chi connectivity index (χ3n) is 10.3. The molecule has 0 saturated heterocycles. The Morgan fingerprint density at radius 1 is 0.544 bits per heavy atom. The van der Waals surface area contributed by atoms with Gasteiger partial charge in [0.05, 0.1) is 21.5 Å². The molecule has 5 heterocycles. The molecule has 0 unspecified atom stereocenters. The molecular weight excluding hydrogens is 723 g/mol. The van der Waals surface area contributed by atoms with Crippen molar-refractivity contribution in [3.05, 3.63) is 176 Å². The first-order valence-electron chi connectivity index (χ1n) is 18.5. The summed E-state index contributed by atoms with van der Waals surface area (Å²) in [6.45, 7) is 8.74. The highest BCUT2D eigenvalue weighted by Crippen LogP contribution is 2.42. The lowest BCUT2D eigenvalue weighted by molar-refractivity contribution is 0.604. The van der Waals surface area contributed by atoms with Crippen LogP contribution in [0.3, 0.4) is 0 Å². The third-order valence-corrected chi connectivity index (χ3v) is 11.5. The Balaban J connectivity index is 1.09. The lowest BCUT2D eigenvalue weighted by Crippen LogP contribution is -2.00.